The Balaban J connectivity index is 1.71. The lowest BCUT2D eigenvalue weighted by Crippen LogP contribution is -2.44. The smallest absolute Gasteiger partial charge is 0.329 e. The summed E-state index contributed by atoms with van der Waals surface area (Å²) < 4.78 is 5.39. The quantitative estimate of drug-likeness (QED) is 0.827. The Bertz CT molecular complexity index is 290. The van der Waals surface area contributed by atoms with Crippen LogP contribution in [0, 0.1) is 0 Å². The van der Waals surface area contributed by atoms with Gasteiger partial charge in [-0.2, -0.15) is 0 Å². The van der Waals surface area contributed by atoms with Crippen LogP contribution < -0.4 is 0 Å². The third-order valence-electron chi connectivity index (χ3n) is 4.36. The van der Waals surface area contributed by atoms with Crippen LogP contribution in [0.1, 0.15) is 32.1 Å². The van der Waals surface area contributed by atoms with Gasteiger partial charge in [0.05, 0.1) is 6.10 Å². The first-order valence-electron chi connectivity index (χ1n) is 7.41. The standard InChI is InChI=1S/C14H26N2O3/c1-15-7-2-3-12(4-8-15)16-9-5-13(6-10-16)19-11-14(17)18/h12-13H,2-11H2,1H3,(H,17,18). The number of nitrogens with zero attached hydrogens (tertiary/aromatic N) is 2. The Morgan fingerprint density at radius 2 is 1.89 bits per heavy atom. The Kier molecular flexibility index (Phi) is 5.60. The summed E-state index contributed by atoms with van der Waals surface area (Å²) in [6, 6.07) is 0.713. The van der Waals surface area contributed by atoms with Gasteiger partial charge in [-0.25, -0.2) is 4.79 Å². The SMILES string of the molecule is CN1CCCC(N2CCC(OCC(=O)O)CC2)CC1. The molecule has 0 saturated carbocycles. The maximum Gasteiger partial charge on any atom is 0.329 e. The predicted molar refractivity (Wildman–Crippen MR) is 73.3 cm³/mol. The molecule has 0 aliphatic carbocycles. The molecule has 5 heteroatoms. The first-order valence-corrected chi connectivity index (χ1v) is 7.41. The molecule has 2 heterocycles. The van der Waals surface area contributed by atoms with Crippen LogP contribution in [-0.4, -0.2) is 72.9 Å². The molecular formula is C14H26N2O3. The maximum absolute atomic E-state index is 10.5. The molecule has 110 valence electrons. The first-order chi connectivity index (χ1) is 9.15. The van der Waals surface area contributed by atoms with Crippen molar-refractivity contribution >= 4 is 5.97 Å². The van der Waals surface area contributed by atoms with E-state index in [0.717, 1.165) is 25.9 Å². The van der Waals surface area contributed by atoms with Crippen molar-refractivity contribution < 1.29 is 14.6 Å². The van der Waals surface area contributed by atoms with E-state index in [1.165, 1.54) is 32.4 Å². The fraction of sp³-hybridized carbons (Fsp3) is 0.929. The van der Waals surface area contributed by atoms with Crippen LogP contribution in [0.25, 0.3) is 0 Å². The van der Waals surface area contributed by atoms with E-state index in [-0.39, 0.29) is 12.7 Å². The van der Waals surface area contributed by atoms with Crippen LogP contribution in [-0.2, 0) is 9.53 Å². The van der Waals surface area contributed by atoms with Gasteiger partial charge in [0, 0.05) is 19.1 Å². The highest BCUT2D eigenvalue weighted by atomic mass is 16.5. The predicted octanol–water partition coefficient (Wildman–Crippen LogP) is 1.04. The Hall–Kier alpha value is -0.650. The highest BCUT2D eigenvalue weighted by molar-refractivity contribution is 5.68. The van der Waals surface area contributed by atoms with Gasteiger partial charge in [-0.05, 0) is 52.2 Å². The van der Waals surface area contributed by atoms with Crippen molar-refractivity contribution in [2.45, 2.75) is 44.2 Å². The number of piperidine rings is 1. The highest BCUT2D eigenvalue weighted by Crippen LogP contribution is 2.22. The van der Waals surface area contributed by atoms with E-state index in [9.17, 15) is 4.79 Å². The first kappa shape index (κ1) is 14.8. The molecule has 0 spiro atoms. The summed E-state index contributed by atoms with van der Waals surface area (Å²) in [4.78, 5) is 15.5. The lowest BCUT2D eigenvalue weighted by atomic mass is 10.0. The van der Waals surface area contributed by atoms with E-state index < -0.39 is 5.97 Å². The zero-order valence-corrected chi connectivity index (χ0v) is 11.9. The zero-order valence-electron chi connectivity index (χ0n) is 11.9. The molecule has 0 amide bonds. The fourth-order valence-electron chi connectivity index (χ4n) is 3.18. The van der Waals surface area contributed by atoms with E-state index in [4.69, 9.17) is 9.84 Å². The van der Waals surface area contributed by atoms with E-state index >= 15 is 0 Å². The van der Waals surface area contributed by atoms with Crippen molar-refractivity contribution in [2.75, 3.05) is 39.8 Å². The number of carbonyl (C=O) groups is 1. The minimum atomic E-state index is -0.866. The van der Waals surface area contributed by atoms with E-state index in [1.54, 1.807) is 0 Å². The second kappa shape index (κ2) is 7.22. The number of rotatable bonds is 4. The van der Waals surface area contributed by atoms with Gasteiger partial charge in [0.2, 0.25) is 0 Å². The van der Waals surface area contributed by atoms with Gasteiger partial charge < -0.3 is 19.6 Å². The van der Waals surface area contributed by atoms with Gasteiger partial charge in [-0.1, -0.05) is 0 Å². The fourth-order valence-corrected chi connectivity index (χ4v) is 3.18. The van der Waals surface area contributed by atoms with Crippen molar-refractivity contribution in [3.05, 3.63) is 0 Å². The maximum atomic E-state index is 10.5. The number of likely N-dealkylation sites (tertiary alicyclic amines) is 2. The van der Waals surface area contributed by atoms with Crippen molar-refractivity contribution in [2.24, 2.45) is 0 Å². The minimum absolute atomic E-state index is 0.140. The second-order valence-corrected chi connectivity index (χ2v) is 5.83. The van der Waals surface area contributed by atoms with Crippen molar-refractivity contribution in [3.63, 3.8) is 0 Å². The van der Waals surface area contributed by atoms with E-state index in [1.807, 2.05) is 0 Å². The molecule has 0 aromatic rings. The molecule has 19 heavy (non-hydrogen) atoms. The summed E-state index contributed by atoms with van der Waals surface area (Å²) in [6.07, 6.45) is 5.93. The van der Waals surface area contributed by atoms with Crippen LogP contribution in [0.5, 0.6) is 0 Å². The van der Waals surface area contributed by atoms with Crippen LogP contribution in [0.4, 0.5) is 0 Å². The average Bonchev–Trinajstić information content (AvgIpc) is 2.62. The molecule has 2 fully saturated rings. The van der Waals surface area contributed by atoms with Gasteiger partial charge in [-0.15, -0.1) is 0 Å². The molecule has 1 N–H and O–H groups in total. The molecule has 0 radical (unpaired) electrons. The van der Waals surface area contributed by atoms with Crippen molar-refractivity contribution in [1.82, 2.24) is 9.80 Å². The molecule has 0 aromatic heterocycles. The van der Waals surface area contributed by atoms with Gasteiger partial charge in [0.1, 0.15) is 6.61 Å². The third kappa shape index (κ3) is 4.75. The minimum Gasteiger partial charge on any atom is -0.480 e. The second-order valence-electron chi connectivity index (χ2n) is 5.83. The molecule has 1 atom stereocenters. The van der Waals surface area contributed by atoms with Gasteiger partial charge in [-0.3, -0.25) is 0 Å². The summed E-state index contributed by atoms with van der Waals surface area (Å²) in [5.74, 6) is -0.866. The van der Waals surface area contributed by atoms with E-state index in [2.05, 4.69) is 16.8 Å². The highest BCUT2D eigenvalue weighted by Gasteiger charge is 2.26. The summed E-state index contributed by atoms with van der Waals surface area (Å²) in [6.45, 7) is 4.37. The lowest BCUT2D eigenvalue weighted by molar-refractivity contribution is -0.145. The molecule has 5 nitrogen and oxygen atoms in total. The van der Waals surface area contributed by atoms with Crippen LogP contribution in [0.2, 0.25) is 0 Å². The monoisotopic (exact) mass is 270 g/mol. The zero-order chi connectivity index (χ0) is 13.7. The average molecular weight is 270 g/mol. The summed E-state index contributed by atoms with van der Waals surface area (Å²) in [5.41, 5.74) is 0. The van der Waals surface area contributed by atoms with Crippen LogP contribution >= 0.6 is 0 Å². The topological polar surface area (TPSA) is 53.0 Å². The largest absolute Gasteiger partial charge is 0.480 e. The molecule has 2 saturated heterocycles. The Morgan fingerprint density at radius 3 is 2.58 bits per heavy atom. The normalized spacial score (nSPS) is 28.2. The number of hydrogen-bond acceptors (Lipinski definition) is 4. The molecule has 2 aliphatic heterocycles. The lowest BCUT2D eigenvalue weighted by Gasteiger charge is -2.37. The molecule has 0 bridgehead atoms. The molecule has 2 rings (SSSR count). The number of carboxylic acids is 1. The molecule has 2 aliphatic rings. The number of ether oxygens (including phenoxy) is 1. The van der Waals surface area contributed by atoms with E-state index in [0.29, 0.717) is 6.04 Å². The summed E-state index contributed by atoms with van der Waals surface area (Å²) >= 11 is 0. The number of aliphatic carboxylic acids is 1. The molecule has 0 aromatic carbocycles. The van der Waals surface area contributed by atoms with Gasteiger partial charge >= 0.3 is 5.97 Å². The number of carboxylic acid groups (broad SMARTS) is 1. The Morgan fingerprint density at radius 1 is 1.16 bits per heavy atom. The van der Waals surface area contributed by atoms with Crippen LogP contribution in [0.3, 0.4) is 0 Å². The van der Waals surface area contributed by atoms with Crippen molar-refractivity contribution in [3.8, 4) is 0 Å². The van der Waals surface area contributed by atoms with Crippen molar-refractivity contribution in [1.29, 1.82) is 0 Å². The molecule has 1 unspecified atom stereocenters. The Labute approximate surface area is 115 Å². The van der Waals surface area contributed by atoms with Gasteiger partial charge in [0.25, 0.3) is 0 Å². The van der Waals surface area contributed by atoms with Crippen LogP contribution in [0.15, 0.2) is 0 Å². The summed E-state index contributed by atoms with van der Waals surface area (Å²) in [7, 11) is 2.20. The number of hydrogen-bond donors (Lipinski definition) is 1. The molecular weight excluding hydrogens is 244 g/mol. The van der Waals surface area contributed by atoms with Gasteiger partial charge in [0.15, 0.2) is 0 Å². The summed E-state index contributed by atoms with van der Waals surface area (Å²) in [5, 5.41) is 8.62. The third-order valence-corrected chi connectivity index (χ3v) is 4.36.